The van der Waals surface area contributed by atoms with E-state index in [9.17, 15) is 5.11 Å². The molecule has 0 saturated heterocycles. The molecule has 0 amide bonds. The molecular formula is C17H18N4O2. The van der Waals surface area contributed by atoms with Gasteiger partial charge in [0.1, 0.15) is 17.5 Å². The summed E-state index contributed by atoms with van der Waals surface area (Å²) in [5.74, 6) is 0.123. The second-order valence-electron chi connectivity index (χ2n) is 5.22. The van der Waals surface area contributed by atoms with Gasteiger partial charge in [0, 0.05) is 43.2 Å². The molecule has 6 heteroatoms. The molecule has 3 rings (SSSR count). The Morgan fingerprint density at radius 1 is 1.17 bits per heavy atom. The number of aromatic hydroxyl groups is 1. The van der Waals surface area contributed by atoms with E-state index in [0.29, 0.717) is 17.6 Å². The number of nitrogens with one attached hydrogen (secondary N) is 1. The monoisotopic (exact) mass is 310 g/mol. The zero-order valence-electron chi connectivity index (χ0n) is 13.0. The van der Waals surface area contributed by atoms with Crippen LogP contribution >= 0.6 is 0 Å². The molecule has 1 unspecified atom stereocenters. The number of phenolic OH excluding ortho intramolecular Hbond substituents is 1. The maximum Gasteiger partial charge on any atom is 0.148 e. The summed E-state index contributed by atoms with van der Waals surface area (Å²) in [5, 5.41) is 14.6. The normalized spacial score (nSPS) is 12.4. The van der Waals surface area contributed by atoms with Gasteiger partial charge in [0.2, 0.25) is 0 Å². The second kappa shape index (κ2) is 6.68. The molecular weight excluding hydrogens is 292 g/mol. The highest BCUT2D eigenvalue weighted by Gasteiger charge is 2.17. The summed E-state index contributed by atoms with van der Waals surface area (Å²) in [6.45, 7) is 2.37. The first-order chi connectivity index (χ1) is 11.2. The molecule has 0 fully saturated rings. The van der Waals surface area contributed by atoms with Gasteiger partial charge in [-0.1, -0.05) is 18.2 Å². The highest BCUT2D eigenvalue weighted by Crippen LogP contribution is 2.31. The minimum Gasteiger partial charge on any atom is -0.505 e. The summed E-state index contributed by atoms with van der Waals surface area (Å²) in [6, 6.07) is 7.49. The highest BCUT2D eigenvalue weighted by molar-refractivity contribution is 5.85. The number of fused-ring (bicyclic) bond motifs is 1. The van der Waals surface area contributed by atoms with E-state index in [4.69, 9.17) is 4.74 Å². The Balaban J connectivity index is 1.83. The van der Waals surface area contributed by atoms with Gasteiger partial charge in [0.05, 0.1) is 11.4 Å². The molecule has 3 aromatic rings. The number of methoxy groups -OCH3 is 1. The molecule has 0 aliphatic heterocycles. The molecule has 23 heavy (non-hydrogen) atoms. The first kappa shape index (κ1) is 15.3. The molecule has 2 N–H and O–H groups in total. The lowest BCUT2D eigenvalue weighted by atomic mass is 10.1. The molecule has 2 heterocycles. The van der Waals surface area contributed by atoms with Crippen molar-refractivity contribution in [3.05, 3.63) is 59.8 Å². The lowest BCUT2D eigenvalue weighted by Crippen LogP contribution is -2.23. The third-order valence-corrected chi connectivity index (χ3v) is 3.60. The smallest absolute Gasteiger partial charge is 0.148 e. The SMILES string of the molecule is COC(NCc1cnc(C)cn1)c1ccc2cccnc2c1O. The molecule has 1 atom stereocenters. The zero-order chi connectivity index (χ0) is 16.2. The van der Waals surface area contributed by atoms with Crippen LogP contribution in [0.5, 0.6) is 5.75 Å². The number of aryl methyl sites for hydroxylation is 1. The van der Waals surface area contributed by atoms with Crippen molar-refractivity contribution in [1.82, 2.24) is 20.3 Å². The first-order valence-corrected chi connectivity index (χ1v) is 7.29. The Labute approximate surface area is 134 Å². The number of nitrogens with zero attached hydrogens (tertiary/aromatic N) is 3. The van der Waals surface area contributed by atoms with Gasteiger partial charge >= 0.3 is 0 Å². The third kappa shape index (κ3) is 3.28. The summed E-state index contributed by atoms with van der Waals surface area (Å²) in [6.07, 6.45) is 4.63. The third-order valence-electron chi connectivity index (χ3n) is 3.60. The molecule has 2 aromatic heterocycles. The van der Waals surface area contributed by atoms with Crippen LogP contribution in [0.15, 0.2) is 42.9 Å². The van der Waals surface area contributed by atoms with E-state index in [1.54, 1.807) is 25.7 Å². The number of phenols is 1. The lowest BCUT2D eigenvalue weighted by Gasteiger charge is -2.19. The van der Waals surface area contributed by atoms with Crippen LogP contribution in [0.2, 0.25) is 0 Å². The topological polar surface area (TPSA) is 80.2 Å². The van der Waals surface area contributed by atoms with Crippen molar-refractivity contribution in [3.8, 4) is 5.75 Å². The zero-order valence-corrected chi connectivity index (χ0v) is 13.0. The Hall–Kier alpha value is -2.57. The number of hydrogen-bond donors (Lipinski definition) is 2. The van der Waals surface area contributed by atoms with Crippen molar-refractivity contribution < 1.29 is 9.84 Å². The van der Waals surface area contributed by atoms with Gasteiger partial charge in [-0.15, -0.1) is 0 Å². The van der Waals surface area contributed by atoms with Gasteiger partial charge in [-0.3, -0.25) is 20.3 Å². The molecule has 0 bridgehead atoms. The van der Waals surface area contributed by atoms with Gasteiger partial charge in [0.15, 0.2) is 0 Å². The fraction of sp³-hybridized carbons (Fsp3) is 0.235. The standard InChI is InChI=1S/C17H18N4O2/c1-11-8-20-13(9-19-11)10-21-17(23-2)14-6-5-12-4-3-7-18-15(12)16(14)22/h3-9,17,21-22H,10H2,1-2H3. The average Bonchev–Trinajstić information content (AvgIpc) is 2.59. The van der Waals surface area contributed by atoms with Crippen LogP contribution in [-0.2, 0) is 11.3 Å². The number of rotatable bonds is 5. The number of pyridine rings is 1. The Morgan fingerprint density at radius 2 is 2.04 bits per heavy atom. The molecule has 0 aliphatic rings. The minimum absolute atomic E-state index is 0.123. The Kier molecular flexibility index (Phi) is 4.45. The van der Waals surface area contributed by atoms with E-state index in [1.165, 1.54) is 0 Å². The summed E-state index contributed by atoms with van der Waals surface area (Å²) in [4.78, 5) is 12.7. The molecule has 0 saturated carbocycles. The number of hydrogen-bond acceptors (Lipinski definition) is 6. The minimum atomic E-state index is -0.468. The number of ether oxygens (including phenoxy) is 1. The van der Waals surface area contributed by atoms with E-state index in [-0.39, 0.29) is 5.75 Å². The second-order valence-corrected chi connectivity index (χ2v) is 5.22. The van der Waals surface area contributed by atoms with Crippen molar-refractivity contribution in [2.45, 2.75) is 19.7 Å². The van der Waals surface area contributed by atoms with Gasteiger partial charge in [0.25, 0.3) is 0 Å². The fourth-order valence-electron chi connectivity index (χ4n) is 2.39. The van der Waals surface area contributed by atoms with Crippen molar-refractivity contribution in [2.75, 3.05) is 7.11 Å². The average molecular weight is 310 g/mol. The summed E-state index contributed by atoms with van der Waals surface area (Å²) in [5.41, 5.74) is 2.87. The van der Waals surface area contributed by atoms with Crippen LogP contribution < -0.4 is 5.32 Å². The van der Waals surface area contributed by atoms with Crippen molar-refractivity contribution in [3.63, 3.8) is 0 Å². The Bertz CT molecular complexity index is 805. The molecule has 6 nitrogen and oxygen atoms in total. The van der Waals surface area contributed by atoms with E-state index in [1.807, 2.05) is 31.2 Å². The highest BCUT2D eigenvalue weighted by atomic mass is 16.5. The summed E-state index contributed by atoms with van der Waals surface area (Å²) < 4.78 is 5.46. The lowest BCUT2D eigenvalue weighted by molar-refractivity contribution is 0.0699. The van der Waals surface area contributed by atoms with Crippen LogP contribution in [0.4, 0.5) is 0 Å². The van der Waals surface area contributed by atoms with Crippen LogP contribution in [0, 0.1) is 6.92 Å². The van der Waals surface area contributed by atoms with Gasteiger partial charge < -0.3 is 9.84 Å². The predicted molar refractivity (Wildman–Crippen MR) is 86.8 cm³/mol. The molecule has 0 aliphatic carbocycles. The van der Waals surface area contributed by atoms with Gasteiger partial charge in [-0.2, -0.15) is 0 Å². The fourth-order valence-corrected chi connectivity index (χ4v) is 2.39. The van der Waals surface area contributed by atoms with Gasteiger partial charge in [-0.05, 0) is 13.0 Å². The summed E-state index contributed by atoms with van der Waals surface area (Å²) >= 11 is 0. The van der Waals surface area contributed by atoms with Crippen molar-refractivity contribution in [2.24, 2.45) is 0 Å². The quantitative estimate of drug-likeness (QED) is 0.705. The molecule has 0 spiro atoms. The van der Waals surface area contributed by atoms with E-state index >= 15 is 0 Å². The van der Waals surface area contributed by atoms with E-state index in [0.717, 1.165) is 16.8 Å². The van der Waals surface area contributed by atoms with Crippen LogP contribution in [0.3, 0.4) is 0 Å². The van der Waals surface area contributed by atoms with E-state index < -0.39 is 6.23 Å². The predicted octanol–water partition coefficient (Wildman–Crippen LogP) is 2.47. The summed E-state index contributed by atoms with van der Waals surface area (Å²) in [7, 11) is 1.58. The van der Waals surface area contributed by atoms with Crippen LogP contribution in [0.25, 0.3) is 10.9 Å². The first-order valence-electron chi connectivity index (χ1n) is 7.29. The molecule has 118 valence electrons. The van der Waals surface area contributed by atoms with Crippen LogP contribution in [-0.4, -0.2) is 27.2 Å². The van der Waals surface area contributed by atoms with Gasteiger partial charge in [-0.25, -0.2) is 0 Å². The Morgan fingerprint density at radius 3 is 2.78 bits per heavy atom. The van der Waals surface area contributed by atoms with E-state index in [2.05, 4.69) is 20.3 Å². The van der Waals surface area contributed by atoms with Crippen molar-refractivity contribution >= 4 is 10.9 Å². The maximum atomic E-state index is 10.5. The number of benzene rings is 1. The molecule has 1 aromatic carbocycles. The largest absolute Gasteiger partial charge is 0.505 e. The van der Waals surface area contributed by atoms with Crippen LogP contribution in [0.1, 0.15) is 23.2 Å². The number of aromatic nitrogens is 3. The maximum absolute atomic E-state index is 10.5. The van der Waals surface area contributed by atoms with Crippen molar-refractivity contribution in [1.29, 1.82) is 0 Å². The molecule has 0 radical (unpaired) electrons.